The molecule has 0 aromatic rings. The van der Waals surface area contributed by atoms with Gasteiger partial charge < -0.3 is 5.32 Å². The van der Waals surface area contributed by atoms with Crippen molar-refractivity contribution in [1.29, 1.82) is 0 Å². The quantitative estimate of drug-likeness (QED) is 0.832. The summed E-state index contributed by atoms with van der Waals surface area (Å²) in [5.41, 5.74) is 0. The molecule has 3 atom stereocenters. The van der Waals surface area contributed by atoms with Gasteiger partial charge in [-0.15, -0.1) is 0 Å². The van der Waals surface area contributed by atoms with Crippen molar-refractivity contribution in [3.8, 4) is 0 Å². The van der Waals surface area contributed by atoms with E-state index < -0.39 is 0 Å². The summed E-state index contributed by atoms with van der Waals surface area (Å²) in [6.45, 7) is 8.41. The molecule has 2 nitrogen and oxygen atoms in total. The Balaban J connectivity index is 1.85. The van der Waals surface area contributed by atoms with Crippen molar-refractivity contribution >= 4 is 11.8 Å². The molecule has 3 unspecified atom stereocenters. The molecule has 1 saturated heterocycles. The van der Waals surface area contributed by atoms with Crippen LogP contribution in [0.25, 0.3) is 0 Å². The molecule has 1 saturated carbocycles. The highest BCUT2D eigenvalue weighted by atomic mass is 32.2. The lowest BCUT2D eigenvalue weighted by Gasteiger charge is -2.40. The van der Waals surface area contributed by atoms with E-state index >= 15 is 0 Å². The first-order chi connectivity index (χ1) is 8.31. The zero-order chi connectivity index (χ0) is 12.1. The molecule has 0 amide bonds. The molecule has 0 aromatic carbocycles. The third-order valence-corrected chi connectivity index (χ3v) is 5.54. The van der Waals surface area contributed by atoms with Gasteiger partial charge in [-0.05, 0) is 32.2 Å². The highest BCUT2D eigenvalue weighted by Gasteiger charge is 2.28. The van der Waals surface area contributed by atoms with Gasteiger partial charge in [-0.25, -0.2) is 0 Å². The lowest BCUT2D eigenvalue weighted by atomic mass is 9.84. The third kappa shape index (κ3) is 3.87. The van der Waals surface area contributed by atoms with E-state index in [0.717, 1.165) is 24.5 Å². The molecular formula is C14H28N2S. The first-order valence-corrected chi connectivity index (χ1v) is 8.52. The van der Waals surface area contributed by atoms with Crippen molar-refractivity contribution in [1.82, 2.24) is 10.2 Å². The number of nitrogens with zero attached hydrogens (tertiary/aromatic N) is 1. The average molecular weight is 256 g/mol. The Labute approximate surface area is 111 Å². The molecule has 0 aromatic heterocycles. The van der Waals surface area contributed by atoms with Crippen LogP contribution < -0.4 is 5.32 Å². The summed E-state index contributed by atoms with van der Waals surface area (Å²) in [7, 11) is 0. The van der Waals surface area contributed by atoms with Gasteiger partial charge in [-0.1, -0.05) is 19.8 Å². The molecular weight excluding hydrogens is 228 g/mol. The lowest BCUT2D eigenvalue weighted by molar-refractivity contribution is 0.147. The Morgan fingerprint density at radius 2 is 2.12 bits per heavy atom. The van der Waals surface area contributed by atoms with E-state index in [1.54, 1.807) is 0 Å². The van der Waals surface area contributed by atoms with Crippen molar-refractivity contribution < 1.29 is 0 Å². The van der Waals surface area contributed by atoms with Crippen LogP contribution in [0.5, 0.6) is 0 Å². The lowest BCUT2D eigenvalue weighted by Crippen LogP contribution is -2.48. The van der Waals surface area contributed by atoms with Crippen molar-refractivity contribution in [2.24, 2.45) is 5.92 Å². The fourth-order valence-corrected chi connectivity index (χ4v) is 4.37. The number of nitrogens with one attached hydrogen (secondary N) is 1. The van der Waals surface area contributed by atoms with E-state index in [9.17, 15) is 0 Å². The summed E-state index contributed by atoms with van der Waals surface area (Å²) in [4.78, 5) is 2.73. The largest absolute Gasteiger partial charge is 0.314 e. The van der Waals surface area contributed by atoms with Gasteiger partial charge in [0.25, 0.3) is 0 Å². The molecule has 2 rings (SSSR count). The van der Waals surface area contributed by atoms with Crippen LogP contribution in [0.2, 0.25) is 0 Å². The zero-order valence-corrected chi connectivity index (χ0v) is 12.3. The first kappa shape index (κ1) is 13.7. The highest BCUT2D eigenvalue weighted by Crippen LogP contribution is 2.27. The third-order valence-electron chi connectivity index (χ3n) is 4.35. The SMILES string of the molecule is CCNC1CCCCC1CN1CCSCC1C. The van der Waals surface area contributed by atoms with Crippen LogP contribution in [0.15, 0.2) is 0 Å². The van der Waals surface area contributed by atoms with Crippen LogP contribution in [-0.4, -0.2) is 48.1 Å². The van der Waals surface area contributed by atoms with Crippen LogP contribution in [0, 0.1) is 5.92 Å². The van der Waals surface area contributed by atoms with Gasteiger partial charge in [0, 0.05) is 36.7 Å². The topological polar surface area (TPSA) is 15.3 Å². The number of thioether (sulfide) groups is 1. The first-order valence-electron chi connectivity index (χ1n) is 7.36. The summed E-state index contributed by atoms with van der Waals surface area (Å²) >= 11 is 2.12. The summed E-state index contributed by atoms with van der Waals surface area (Å²) < 4.78 is 0. The van der Waals surface area contributed by atoms with Gasteiger partial charge in [0.15, 0.2) is 0 Å². The Bertz CT molecular complexity index is 220. The van der Waals surface area contributed by atoms with E-state index in [1.165, 1.54) is 50.3 Å². The van der Waals surface area contributed by atoms with Crippen LogP contribution >= 0.6 is 11.8 Å². The van der Waals surface area contributed by atoms with Gasteiger partial charge in [0.1, 0.15) is 0 Å². The standard InChI is InChI=1S/C14H28N2S/c1-3-15-14-7-5-4-6-13(14)10-16-8-9-17-11-12(16)2/h12-15H,3-11H2,1-2H3. The van der Waals surface area contributed by atoms with E-state index in [1.807, 2.05) is 0 Å². The second-order valence-corrected chi connectivity index (χ2v) is 6.78. The van der Waals surface area contributed by atoms with E-state index in [-0.39, 0.29) is 0 Å². The van der Waals surface area contributed by atoms with Crippen molar-refractivity contribution in [2.75, 3.05) is 31.1 Å². The maximum Gasteiger partial charge on any atom is 0.0158 e. The van der Waals surface area contributed by atoms with Gasteiger partial charge in [-0.2, -0.15) is 11.8 Å². The minimum absolute atomic E-state index is 0.788. The van der Waals surface area contributed by atoms with Crippen LogP contribution in [0.1, 0.15) is 39.5 Å². The highest BCUT2D eigenvalue weighted by molar-refractivity contribution is 7.99. The summed E-state index contributed by atoms with van der Waals surface area (Å²) in [6.07, 6.45) is 5.71. The monoisotopic (exact) mass is 256 g/mol. The Morgan fingerprint density at radius 3 is 2.88 bits per heavy atom. The molecule has 0 bridgehead atoms. The summed E-state index contributed by atoms with van der Waals surface area (Å²) in [6, 6.07) is 1.58. The molecule has 3 heteroatoms. The number of rotatable bonds is 4. The normalized spacial score (nSPS) is 36.0. The maximum atomic E-state index is 3.71. The molecule has 1 heterocycles. The molecule has 1 aliphatic heterocycles. The molecule has 1 N–H and O–H groups in total. The predicted molar refractivity (Wildman–Crippen MR) is 77.8 cm³/mol. The van der Waals surface area contributed by atoms with Crippen molar-refractivity contribution in [3.05, 3.63) is 0 Å². The van der Waals surface area contributed by atoms with E-state index in [2.05, 4.69) is 35.8 Å². The van der Waals surface area contributed by atoms with Crippen LogP contribution in [-0.2, 0) is 0 Å². The summed E-state index contributed by atoms with van der Waals surface area (Å²) in [5, 5.41) is 3.71. The fraction of sp³-hybridized carbons (Fsp3) is 1.00. The molecule has 100 valence electrons. The molecule has 2 aliphatic rings. The van der Waals surface area contributed by atoms with Gasteiger partial charge in [0.05, 0.1) is 0 Å². The van der Waals surface area contributed by atoms with E-state index in [4.69, 9.17) is 0 Å². The Hall–Kier alpha value is 0.270. The van der Waals surface area contributed by atoms with Crippen molar-refractivity contribution in [2.45, 2.75) is 51.6 Å². The molecule has 2 fully saturated rings. The minimum Gasteiger partial charge on any atom is -0.314 e. The Kier molecular flexibility index (Phi) is 5.64. The molecule has 17 heavy (non-hydrogen) atoms. The maximum absolute atomic E-state index is 3.71. The second kappa shape index (κ2) is 7.01. The second-order valence-electron chi connectivity index (χ2n) is 5.63. The molecule has 0 spiro atoms. The van der Waals surface area contributed by atoms with Gasteiger partial charge in [-0.3, -0.25) is 4.90 Å². The molecule has 1 aliphatic carbocycles. The smallest absolute Gasteiger partial charge is 0.0158 e. The van der Waals surface area contributed by atoms with Crippen molar-refractivity contribution in [3.63, 3.8) is 0 Å². The predicted octanol–water partition coefficient (Wildman–Crippen LogP) is 2.59. The Morgan fingerprint density at radius 1 is 1.29 bits per heavy atom. The van der Waals surface area contributed by atoms with Gasteiger partial charge >= 0.3 is 0 Å². The molecule has 0 radical (unpaired) electrons. The fourth-order valence-electron chi connectivity index (χ4n) is 3.29. The van der Waals surface area contributed by atoms with Crippen LogP contribution in [0.4, 0.5) is 0 Å². The number of hydrogen-bond acceptors (Lipinski definition) is 3. The minimum atomic E-state index is 0.788. The summed E-state index contributed by atoms with van der Waals surface area (Å²) in [5.74, 6) is 3.57. The average Bonchev–Trinajstić information content (AvgIpc) is 2.35. The van der Waals surface area contributed by atoms with E-state index in [0.29, 0.717) is 0 Å². The van der Waals surface area contributed by atoms with Gasteiger partial charge in [0.2, 0.25) is 0 Å². The van der Waals surface area contributed by atoms with Crippen LogP contribution in [0.3, 0.4) is 0 Å². The number of hydrogen-bond donors (Lipinski definition) is 1. The zero-order valence-electron chi connectivity index (χ0n) is 11.5.